The zero-order valence-corrected chi connectivity index (χ0v) is 16.9. The molecule has 1 N–H and O–H groups in total. The maximum Gasteiger partial charge on any atom is 0.306 e. The van der Waals surface area contributed by atoms with Gasteiger partial charge in [0.2, 0.25) is 11.2 Å². The van der Waals surface area contributed by atoms with Crippen molar-refractivity contribution in [2.75, 3.05) is 20.2 Å². The number of methoxy groups -OCH3 is 1. The summed E-state index contributed by atoms with van der Waals surface area (Å²) < 4.78 is 25.1. The average molecular weight is 424 g/mol. The SMILES string of the molecule is COC(=O)C[C@@H](c1oc(CN2CCCCC2)cc(=O)c1O)c1c(F)cccc1Cl. The molecule has 0 spiro atoms. The first-order valence-electron chi connectivity index (χ1n) is 9.49. The Balaban J connectivity index is 2.06. The number of carbonyl (C=O) groups excluding carboxylic acids is 1. The van der Waals surface area contributed by atoms with Crippen molar-refractivity contribution in [3.05, 3.63) is 62.4 Å². The van der Waals surface area contributed by atoms with Crippen LogP contribution in [0, 0.1) is 5.82 Å². The van der Waals surface area contributed by atoms with Crippen LogP contribution in [0.1, 0.15) is 48.7 Å². The van der Waals surface area contributed by atoms with Crippen LogP contribution in [0.3, 0.4) is 0 Å². The lowest BCUT2D eigenvalue weighted by molar-refractivity contribution is -0.140. The van der Waals surface area contributed by atoms with E-state index in [1.165, 1.54) is 31.4 Å². The van der Waals surface area contributed by atoms with Gasteiger partial charge in [-0.25, -0.2) is 4.39 Å². The van der Waals surface area contributed by atoms with E-state index in [1.807, 2.05) is 0 Å². The van der Waals surface area contributed by atoms with Crippen LogP contribution in [0.25, 0.3) is 0 Å². The third kappa shape index (κ3) is 4.97. The molecule has 6 nitrogen and oxygen atoms in total. The largest absolute Gasteiger partial charge is 0.502 e. The summed E-state index contributed by atoms with van der Waals surface area (Å²) in [7, 11) is 1.20. The fourth-order valence-corrected chi connectivity index (χ4v) is 3.92. The Morgan fingerprint density at radius 3 is 2.72 bits per heavy atom. The Labute approximate surface area is 172 Å². The molecule has 1 fully saturated rings. The molecule has 2 aromatic rings. The zero-order chi connectivity index (χ0) is 21.0. The van der Waals surface area contributed by atoms with E-state index in [2.05, 4.69) is 4.90 Å². The molecule has 1 aromatic carbocycles. The van der Waals surface area contributed by atoms with Crippen LogP contribution in [-0.2, 0) is 16.1 Å². The predicted octanol–water partition coefficient (Wildman–Crippen LogP) is 3.82. The summed E-state index contributed by atoms with van der Waals surface area (Å²) in [5, 5.41) is 10.4. The fourth-order valence-electron chi connectivity index (χ4n) is 3.63. The Morgan fingerprint density at radius 2 is 2.07 bits per heavy atom. The van der Waals surface area contributed by atoms with E-state index >= 15 is 0 Å². The topological polar surface area (TPSA) is 80.0 Å². The number of likely N-dealkylation sites (tertiary alicyclic amines) is 1. The van der Waals surface area contributed by atoms with E-state index in [9.17, 15) is 19.1 Å². The molecule has 1 aliphatic rings. The van der Waals surface area contributed by atoms with Crippen LogP contribution in [0.15, 0.2) is 33.5 Å². The van der Waals surface area contributed by atoms with Gasteiger partial charge >= 0.3 is 5.97 Å². The van der Waals surface area contributed by atoms with Gasteiger partial charge in [-0.15, -0.1) is 0 Å². The Bertz CT molecular complexity index is 919. The highest BCUT2D eigenvalue weighted by Gasteiger charge is 2.30. The molecule has 1 saturated heterocycles. The molecule has 156 valence electrons. The number of ether oxygens (including phenoxy) is 1. The van der Waals surface area contributed by atoms with Crippen molar-refractivity contribution in [2.24, 2.45) is 0 Å². The first kappa shape index (κ1) is 21.3. The number of hydrogen-bond acceptors (Lipinski definition) is 6. The zero-order valence-electron chi connectivity index (χ0n) is 16.1. The van der Waals surface area contributed by atoms with Crippen LogP contribution < -0.4 is 5.43 Å². The lowest BCUT2D eigenvalue weighted by Crippen LogP contribution is -2.29. The second kappa shape index (κ2) is 9.41. The van der Waals surface area contributed by atoms with Gasteiger partial charge in [-0.2, -0.15) is 0 Å². The number of benzene rings is 1. The molecular weight excluding hydrogens is 401 g/mol. The molecule has 0 saturated carbocycles. The van der Waals surface area contributed by atoms with E-state index in [1.54, 1.807) is 0 Å². The van der Waals surface area contributed by atoms with Crippen LogP contribution in [0.2, 0.25) is 5.02 Å². The number of rotatable bonds is 6. The van der Waals surface area contributed by atoms with Crippen molar-refractivity contribution in [3.8, 4) is 5.75 Å². The van der Waals surface area contributed by atoms with E-state index in [0.29, 0.717) is 12.3 Å². The fraction of sp³-hybridized carbons (Fsp3) is 0.429. The molecule has 0 radical (unpaired) electrons. The monoisotopic (exact) mass is 423 g/mol. The Morgan fingerprint density at radius 1 is 1.34 bits per heavy atom. The summed E-state index contributed by atoms with van der Waals surface area (Å²) in [6.45, 7) is 2.15. The molecule has 1 aromatic heterocycles. The van der Waals surface area contributed by atoms with Gasteiger partial charge in [0.1, 0.15) is 11.6 Å². The minimum absolute atomic E-state index is 0.0341. The lowest BCUT2D eigenvalue weighted by atomic mass is 9.91. The van der Waals surface area contributed by atoms with E-state index in [4.69, 9.17) is 20.8 Å². The van der Waals surface area contributed by atoms with E-state index < -0.39 is 28.9 Å². The van der Waals surface area contributed by atoms with Crippen LogP contribution in [-0.4, -0.2) is 36.2 Å². The normalized spacial score (nSPS) is 15.8. The van der Waals surface area contributed by atoms with E-state index in [-0.39, 0.29) is 22.8 Å². The number of aromatic hydroxyl groups is 1. The lowest BCUT2D eigenvalue weighted by Gasteiger charge is -2.26. The van der Waals surface area contributed by atoms with Crippen molar-refractivity contribution in [1.82, 2.24) is 4.90 Å². The second-order valence-electron chi connectivity index (χ2n) is 7.09. The van der Waals surface area contributed by atoms with Gasteiger partial charge in [-0.05, 0) is 38.1 Å². The van der Waals surface area contributed by atoms with Crippen molar-refractivity contribution < 1.29 is 23.4 Å². The third-order valence-electron chi connectivity index (χ3n) is 5.09. The summed E-state index contributed by atoms with van der Waals surface area (Å²) in [4.78, 5) is 26.5. The molecule has 0 bridgehead atoms. The van der Waals surface area contributed by atoms with Gasteiger partial charge in [0.05, 0.1) is 26.0 Å². The number of carbonyl (C=O) groups is 1. The quantitative estimate of drug-likeness (QED) is 0.711. The molecule has 2 heterocycles. The number of hydrogen-bond donors (Lipinski definition) is 1. The Kier molecular flexibility index (Phi) is 6.92. The number of piperidine rings is 1. The molecule has 0 aliphatic carbocycles. The van der Waals surface area contributed by atoms with E-state index in [0.717, 1.165) is 32.4 Å². The van der Waals surface area contributed by atoms with Gasteiger partial charge in [-0.3, -0.25) is 14.5 Å². The molecule has 29 heavy (non-hydrogen) atoms. The molecule has 8 heteroatoms. The van der Waals surface area contributed by atoms with Crippen LogP contribution in [0.5, 0.6) is 5.75 Å². The first-order valence-corrected chi connectivity index (χ1v) is 9.87. The van der Waals surface area contributed by atoms with Crippen molar-refractivity contribution in [3.63, 3.8) is 0 Å². The molecule has 1 aliphatic heterocycles. The highest BCUT2D eigenvalue weighted by Crippen LogP contribution is 2.38. The minimum Gasteiger partial charge on any atom is -0.502 e. The van der Waals surface area contributed by atoms with Gasteiger partial charge in [0.25, 0.3) is 0 Å². The van der Waals surface area contributed by atoms with Crippen LogP contribution in [0.4, 0.5) is 4.39 Å². The maximum absolute atomic E-state index is 14.6. The smallest absolute Gasteiger partial charge is 0.306 e. The minimum atomic E-state index is -1.11. The van der Waals surface area contributed by atoms with Gasteiger partial charge in [-0.1, -0.05) is 24.1 Å². The molecule has 0 amide bonds. The van der Waals surface area contributed by atoms with Gasteiger partial charge in [0.15, 0.2) is 5.76 Å². The average Bonchev–Trinajstić information content (AvgIpc) is 2.70. The molecule has 1 atom stereocenters. The summed E-state index contributed by atoms with van der Waals surface area (Å²) in [6.07, 6.45) is 2.94. The van der Waals surface area contributed by atoms with Crippen molar-refractivity contribution in [1.29, 1.82) is 0 Å². The van der Waals surface area contributed by atoms with Crippen molar-refractivity contribution in [2.45, 2.75) is 38.1 Å². The second-order valence-corrected chi connectivity index (χ2v) is 7.50. The van der Waals surface area contributed by atoms with Crippen LogP contribution >= 0.6 is 11.6 Å². The standard InChI is InChI=1S/C21H23ClFNO5/c1-28-18(26)11-14(19-15(22)6-5-7-16(19)23)21-20(27)17(25)10-13(29-21)12-24-8-3-2-4-9-24/h5-7,10,14,27H,2-4,8-9,11-12H2,1H3/t14-/m1/s1. The molecule has 3 rings (SSSR count). The summed E-state index contributed by atoms with van der Waals surface area (Å²) in [5.74, 6) is -2.95. The number of esters is 1. The van der Waals surface area contributed by atoms with Crippen molar-refractivity contribution >= 4 is 17.6 Å². The molecule has 0 unspecified atom stereocenters. The predicted molar refractivity (Wildman–Crippen MR) is 106 cm³/mol. The highest BCUT2D eigenvalue weighted by molar-refractivity contribution is 6.31. The number of nitrogens with zero attached hydrogens (tertiary/aromatic N) is 1. The third-order valence-corrected chi connectivity index (χ3v) is 5.42. The van der Waals surface area contributed by atoms with Gasteiger partial charge < -0.3 is 14.3 Å². The molecular formula is C21H23ClFNO5. The Hall–Kier alpha value is -2.38. The maximum atomic E-state index is 14.6. The number of halogens is 2. The first-order chi connectivity index (χ1) is 13.9. The summed E-state index contributed by atoms with van der Waals surface area (Å²) >= 11 is 6.19. The summed E-state index contributed by atoms with van der Waals surface area (Å²) in [5.41, 5.74) is -0.686. The van der Waals surface area contributed by atoms with Gasteiger partial charge in [0, 0.05) is 16.7 Å². The summed E-state index contributed by atoms with van der Waals surface area (Å²) in [6, 6.07) is 5.32. The highest BCUT2D eigenvalue weighted by atomic mass is 35.5.